The molecular formula is C17H26N4O6. The molecule has 4 N–H and O–H groups in total. The summed E-state index contributed by atoms with van der Waals surface area (Å²) in [6.07, 6.45) is 1.08. The van der Waals surface area contributed by atoms with E-state index >= 15 is 0 Å². The van der Waals surface area contributed by atoms with Crippen molar-refractivity contribution in [3.05, 3.63) is 11.8 Å². The van der Waals surface area contributed by atoms with Crippen LogP contribution in [0, 0.1) is 12.8 Å². The Balaban J connectivity index is 2.12. The van der Waals surface area contributed by atoms with Crippen molar-refractivity contribution in [2.45, 2.75) is 58.1 Å². The molecule has 0 aromatic carbocycles. The molecule has 0 saturated carbocycles. The number of likely N-dealkylation sites (tertiary alicyclic amines) is 1. The highest BCUT2D eigenvalue weighted by Gasteiger charge is 2.41. The van der Waals surface area contributed by atoms with Crippen LogP contribution < -0.4 is 10.8 Å². The highest BCUT2D eigenvalue weighted by molar-refractivity contribution is 5.98. The van der Waals surface area contributed by atoms with Crippen molar-refractivity contribution < 1.29 is 29.2 Å². The maximum Gasteiger partial charge on any atom is 0.272 e. The molecule has 2 rings (SSSR count). The summed E-state index contributed by atoms with van der Waals surface area (Å²) >= 11 is 0. The zero-order valence-electron chi connectivity index (χ0n) is 15.5. The molecule has 1 aromatic rings. The smallest absolute Gasteiger partial charge is 0.272 e. The first kappa shape index (κ1) is 20.8. The van der Waals surface area contributed by atoms with Crippen molar-refractivity contribution in [3.8, 4) is 0 Å². The van der Waals surface area contributed by atoms with Gasteiger partial charge in [0.2, 0.25) is 11.8 Å². The van der Waals surface area contributed by atoms with Crippen molar-refractivity contribution in [2.75, 3.05) is 11.9 Å². The third-order valence-electron chi connectivity index (χ3n) is 4.66. The highest BCUT2D eigenvalue weighted by Crippen LogP contribution is 2.25. The molecule has 0 spiro atoms. The SMILES string of the molecule is CCCC[C@@H](C(=O)N1CCC[C@H]1C(=O)Nc1cc(C)on1)[C@H](O)C(=O)NO. The largest absolute Gasteiger partial charge is 0.382 e. The Labute approximate surface area is 156 Å². The average molecular weight is 382 g/mol. The lowest BCUT2D eigenvalue weighted by atomic mass is 9.93. The number of aryl methyl sites for hydroxylation is 1. The molecule has 1 aliphatic rings. The van der Waals surface area contributed by atoms with Crippen LogP contribution in [0.15, 0.2) is 10.6 Å². The lowest BCUT2D eigenvalue weighted by Gasteiger charge is -2.29. The summed E-state index contributed by atoms with van der Waals surface area (Å²) in [6.45, 7) is 3.97. The fourth-order valence-electron chi connectivity index (χ4n) is 3.24. The highest BCUT2D eigenvalue weighted by atomic mass is 16.5. The normalized spacial score (nSPS) is 18.8. The van der Waals surface area contributed by atoms with Gasteiger partial charge in [0.25, 0.3) is 5.91 Å². The third kappa shape index (κ3) is 5.04. The van der Waals surface area contributed by atoms with E-state index in [0.29, 0.717) is 31.6 Å². The summed E-state index contributed by atoms with van der Waals surface area (Å²) in [5.41, 5.74) is 1.38. The number of amides is 3. The molecule has 0 bridgehead atoms. The zero-order valence-corrected chi connectivity index (χ0v) is 15.5. The number of carbonyl (C=O) groups is 3. The van der Waals surface area contributed by atoms with E-state index in [1.165, 1.54) is 10.4 Å². The number of aliphatic hydroxyl groups is 1. The minimum Gasteiger partial charge on any atom is -0.382 e. The Morgan fingerprint density at radius 2 is 2.19 bits per heavy atom. The van der Waals surface area contributed by atoms with E-state index in [0.717, 1.165) is 6.42 Å². The fraction of sp³-hybridized carbons (Fsp3) is 0.647. The number of hydrogen-bond acceptors (Lipinski definition) is 7. The van der Waals surface area contributed by atoms with Crippen LogP contribution in [0.2, 0.25) is 0 Å². The Morgan fingerprint density at radius 1 is 1.44 bits per heavy atom. The third-order valence-corrected chi connectivity index (χ3v) is 4.66. The van der Waals surface area contributed by atoms with Crippen LogP contribution in [0.25, 0.3) is 0 Å². The average Bonchev–Trinajstić information content (AvgIpc) is 3.29. The van der Waals surface area contributed by atoms with Crippen LogP contribution in [0.3, 0.4) is 0 Å². The maximum absolute atomic E-state index is 13.0. The van der Waals surface area contributed by atoms with Gasteiger partial charge in [-0.3, -0.25) is 19.6 Å². The Bertz CT molecular complexity index is 676. The summed E-state index contributed by atoms with van der Waals surface area (Å²) in [7, 11) is 0. The van der Waals surface area contributed by atoms with E-state index in [-0.39, 0.29) is 12.2 Å². The summed E-state index contributed by atoms with van der Waals surface area (Å²) in [4.78, 5) is 38.5. The second-order valence-electron chi connectivity index (χ2n) is 6.67. The van der Waals surface area contributed by atoms with Gasteiger partial charge in [-0.25, -0.2) is 5.48 Å². The number of hydrogen-bond donors (Lipinski definition) is 4. The number of rotatable bonds is 8. The van der Waals surface area contributed by atoms with E-state index in [1.807, 2.05) is 6.92 Å². The van der Waals surface area contributed by atoms with Crippen LogP contribution in [-0.2, 0) is 14.4 Å². The number of aromatic nitrogens is 1. The predicted octanol–water partition coefficient (Wildman–Crippen LogP) is 0.585. The number of carbonyl (C=O) groups excluding carboxylic acids is 3. The molecule has 0 radical (unpaired) electrons. The zero-order chi connectivity index (χ0) is 20.0. The molecule has 2 heterocycles. The fourth-order valence-corrected chi connectivity index (χ4v) is 3.24. The van der Waals surface area contributed by atoms with Crippen molar-refractivity contribution >= 4 is 23.5 Å². The van der Waals surface area contributed by atoms with E-state index in [4.69, 9.17) is 9.73 Å². The standard InChI is InChI=1S/C17H26N4O6/c1-3-4-6-11(14(22)16(24)19-26)17(25)21-8-5-7-12(21)15(23)18-13-9-10(2)27-20-13/h9,11-12,14,22,26H,3-8H2,1-2H3,(H,19,24)(H,18,20,23)/t11-,12+,14+/m1/s1. The van der Waals surface area contributed by atoms with E-state index in [1.54, 1.807) is 13.0 Å². The topological polar surface area (TPSA) is 145 Å². The van der Waals surface area contributed by atoms with Gasteiger partial charge in [0.05, 0.1) is 5.92 Å². The van der Waals surface area contributed by atoms with Crippen molar-refractivity contribution in [1.29, 1.82) is 0 Å². The van der Waals surface area contributed by atoms with Crippen LogP contribution >= 0.6 is 0 Å². The second-order valence-corrected chi connectivity index (χ2v) is 6.67. The lowest BCUT2D eigenvalue weighted by molar-refractivity contribution is -0.152. The van der Waals surface area contributed by atoms with Gasteiger partial charge in [0.15, 0.2) is 5.82 Å². The Hall–Kier alpha value is -2.46. The van der Waals surface area contributed by atoms with E-state index in [9.17, 15) is 19.5 Å². The van der Waals surface area contributed by atoms with Gasteiger partial charge < -0.3 is 19.8 Å². The Morgan fingerprint density at radius 3 is 2.78 bits per heavy atom. The Kier molecular flexibility index (Phi) is 7.31. The quantitative estimate of drug-likeness (QED) is 0.380. The lowest BCUT2D eigenvalue weighted by Crippen LogP contribution is -2.50. The van der Waals surface area contributed by atoms with Gasteiger partial charge >= 0.3 is 0 Å². The maximum atomic E-state index is 13.0. The monoisotopic (exact) mass is 382 g/mol. The van der Waals surface area contributed by atoms with Crippen LogP contribution in [-0.4, -0.2) is 56.8 Å². The van der Waals surface area contributed by atoms with E-state index in [2.05, 4.69) is 10.5 Å². The number of aliphatic hydroxyl groups excluding tert-OH is 1. The minimum absolute atomic E-state index is 0.263. The summed E-state index contributed by atoms with van der Waals surface area (Å²) < 4.78 is 4.91. The first-order valence-electron chi connectivity index (χ1n) is 9.05. The van der Waals surface area contributed by atoms with Gasteiger partial charge in [-0.1, -0.05) is 24.9 Å². The molecular weight excluding hydrogens is 356 g/mol. The number of unbranched alkanes of at least 4 members (excludes halogenated alkanes) is 1. The molecule has 3 amide bonds. The van der Waals surface area contributed by atoms with Gasteiger partial charge in [0.1, 0.15) is 17.9 Å². The number of anilines is 1. The van der Waals surface area contributed by atoms with Gasteiger partial charge in [-0.2, -0.15) is 0 Å². The second kappa shape index (κ2) is 9.47. The van der Waals surface area contributed by atoms with E-state index < -0.39 is 35.8 Å². The van der Waals surface area contributed by atoms with Gasteiger partial charge in [-0.05, 0) is 26.2 Å². The van der Waals surface area contributed by atoms with Gasteiger partial charge in [0, 0.05) is 12.6 Å². The van der Waals surface area contributed by atoms with Crippen molar-refractivity contribution in [2.24, 2.45) is 5.92 Å². The molecule has 0 aliphatic carbocycles. The number of hydroxylamine groups is 1. The molecule has 150 valence electrons. The molecule has 10 heteroatoms. The molecule has 10 nitrogen and oxygen atoms in total. The molecule has 1 aromatic heterocycles. The molecule has 1 saturated heterocycles. The summed E-state index contributed by atoms with van der Waals surface area (Å²) in [5.74, 6) is -2.14. The van der Waals surface area contributed by atoms with Crippen LogP contribution in [0.4, 0.5) is 5.82 Å². The predicted molar refractivity (Wildman–Crippen MR) is 93.6 cm³/mol. The molecule has 27 heavy (non-hydrogen) atoms. The molecule has 0 unspecified atom stereocenters. The first-order valence-corrected chi connectivity index (χ1v) is 9.05. The van der Waals surface area contributed by atoms with Crippen LogP contribution in [0.5, 0.6) is 0 Å². The van der Waals surface area contributed by atoms with Gasteiger partial charge in [-0.15, -0.1) is 0 Å². The summed E-state index contributed by atoms with van der Waals surface area (Å²) in [5, 5.41) is 25.2. The minimum atomic E-state index is -1.68. The number of nitrogens with zero attached hydrogens (tertiary/aromatic N) is 2. The molecule has 3 atom stereocenters. The molecule has 1 aliphatic heterocycles. The first-order chi connectivity index (χ1) is 12.9. The summed E-state index contributed by atoms with van der Waals surface area (Å²) in [6, 6.07) is 0.848. The molecule has 1 fully saturated rings. The van der Waals surface area contributed by atoms with Crippen molar-refractivity contribution in [1.82, 2.24) is 15.5 Å². The van der Waals surface area contributed by atoms with Crippen LogP contribution in [0.1, 0.15) is 44.8 Å². The van der Waals surface area contributed by atoms with Crippen molar-refractivity contribution in [3.63, 3.8) is 0 Å². The number of nitrogens with one attached hydrogen (secondary N) is 2.